The molecule has 2 atom stereocenters. The number of nitrogens with two attached hydrogens (primary N) is 1. The third-order valence-electron chi connectivity index (χ3n) is 3.06. The highest BCUT2D eigenvalue weighted by Gasteiger charge is 2.26. The summed E-state index contributed by atoms with van der Waals surface area (Å²) < 4.78 is 7.20. The molecule has 0 fully saturated rings. The van der Waals surface area contributed by atoms with Gasteiger partial charge in [-0.2, -0.15) is 4.98 Å². The first-order chi connectivity index (χ1) is 8.50. The van der Waals surface area contributed by atoms with Crippen LogP contribution in [-0.4, -0.2) is 25.7 Å². The first kappa shape index (κ1) is 12.8. The molecule has 98 valence electrons. The quantitative estimate of drug-likeness (QED) is 0.889. The van der Waals surface area contributed by atoms with Gasteiger partial charge in [-0.15, -0.1) is 0 Å². The van der Waals surface area contributed by atoms with Gasteiger partial charge in [-0.05, 0) is 12.8 Å². The van der Waals surface area contributed by atoms with Gasteiger partial charge in [0.2, 0.25) is 11.7 Å². The van der Waals surface area contributed by atoms with Crippen LogP contribution in [0.3, 0.4) is 0 Å². The maximum atomic E-state index is 5.98. The van der Waals surface area contributed by atoms with Crippen molar-refractivity contribution in [2.24, 2.45) is 18.7 Å². The normalized spacial score (nSPS) is 15.0. The second kappa shape index (κ2) is 4.89. The van der Waals surface area contributed by atoms with E-state index in [4.69, 9.17) is 10.3 Å². The molecule has 0 aliphatic rings. The standard InChI is InChI=1S/C12H19N5O/c1-7(2)10(8(3)13)12-15-11(16-18-12)9-5-14-6-17(9)4/h5-8,10H,13H2,1-4H3. The van der Waals surface area contributed by atoms with Gasteiger partial charge < -0.3 is 14.8 Å². The van der Waals surface area contributed by atoms with Gasteiger partial charge in [-0.3, -0.25) is 0 Å². The van der Waals surface area contributed by atoms with E-state index in [2.05, 4.69) is 29.0 Å². The van der Waals surface area contributed by atoms with Crippen LogP contribution in [0.1, 0.15) is 32.6 Å². The monoisotopic (exact) mass is 249 g/mol. The van der Waals surface area contributed by atoms with Gasteiger partial charge in [0, 0.05) is 13.1 Å². The van der Waals surface area contributed by atoms with Gasteiger partial charge in [0.15, 0.2) is 0 Å². The van der Waals surface area contributed by atoms with Crippen LogP contribution in [0.4, 0.5) is 0 Å². The second-order valence-corrected chi connectivity index (χ2v) is 4.97. The fraction of sp³-hybridized carbons (Fsp3) is 0.583. The zero-order chi connectivity index (χ0) is 13.3. The van der Waals surface area contributed by atoms with Gasteiger partial charge in [-0.25, -0.2) is 4.98 Å². The summed E-state index contributed by atoms with van der Waals surface area (Å²) in [6.45, 7) is 6.16. The maximum absolute atomic E-state index is 5.98. The smallest absolute Gasteiger partial charge is 0.231 e. The Balaban J connectivity index is 2.33. The molecule has 2 heterocycles. The Morgan fingerprint density at radius 2 is 2.06 bits per heavy atom. The molecule has 2 N–H and O–H groups in total. The van der Waals surface area contributed by atoms with Crippen molar-refractivity contribution < 1.29 is 4.52 Å². The lowest BCUT2D eigenvalue weighted by Gasteiger charge is -2.20. The van der Waals surface area contributed by atoms with Crippen LogP contribution < -0.4 is 5.73 Å². The first-order valence-corrected chi connectivity index (χ1v) is 6.06. The average molecular weight is 249 g/mol. The molecular formula is C12H19N5O. The summed E-state index contributed by atoms with van der Waals surface area (Å²) in [7, 11) is 1.89. The Bertz CT molecular complexity index is 506. The van der Waals surface area contributed by atoms with E-state index in [0.29, 0.717) is 17.6 Å². The Morgan fingerprint density at radius 3 is 2.56 bits per heavy atom. The minimum absolute atomic E-state index is 0.0233. The minimum Gasteiger partial charge on any atom is -0.339 e. The van der Waals surface area contributed by atoms with Crippen LogP contribution in [0, 0.1) is 5.92 Å². The summed E-state index contributed by atoms with van der Waals surface area (Å²) in [6, 6.07) is -0.0233. The van der Waals surface area contributed by atoms with E-state index in [-0.39, 0.29) is 12.0 Å². The first-order valence-electron chi connectivity index (χ1n) is 6.06. The van der Waals surface area contributed by atoms with Crippen LogP contribution in [-0.2, 0) is 7.05 Å². The van der Waals surface area contributed by atoms with Crippen molar-refractivity contribution in [3.8, 4) is 11.5 Å². The van der Waals surface area contributed by atoms with Crippen molar-refractivity contribution in [3.63, 3.8) is 0 Å². The third kappa shape index (κ3) is 2.28. The zero-order valence-corrected chi connectivity index (χ0v) is 11.2. The molecule has 0 spiro atoms. The van der Waals surface area contributed by atoms with E-state index in [1.807, 2.05) is 18.5 Å². The largest absolute Gasteiger partial charge is 0.339 e. The van der Waals surface area contributed by atoms with Gasteiger partial charge >= 0.3 is 0 Å². The lowest BCUT2D eigenvalue weighted by Crippen LogP contribution is -2.28. The van der Waals surface area contributed by atoms with E-state index in [0.717, 1.165) is 5.69 Å². The summed E-state index contributed by atoms with van der Waals surface area (Å²) in [5, 5.41) is 4.00. The van der Waals surface area contributed by atoms with Crippen molar-refractivity contribution in [2.45, 2.75) is 32.7 Å². The predicted molar refractivity (Wildman–Crippen MR) is 67.7 cm³/mol. The Kier molecular flexibility index (Phi) is 3.47. The van der Waals surface area contributed by atoms with Gasteiger partial charge in [0.1, 0.15) is 5.69 Å². The topological polar surface area (TPSA) is 82.8 Å². The van der Waals surface area contributed by atoms with E-state index < -0.39 is 0 Å². The predicted octanol–water partition coefficient (Wildman–Crippen LogP) is 1.56. The molecule has 0 aromatic carbocycles. The molecule has 0 aliphatic heterocycles. The second-order valence-electron chi connectivity index (χ2n) is 4.97. The highest BCUT2D eigenvalue weighted by molar-refractivity contribution is 5.47. The molecule has 6 nitrogen and oxygen atoms in total. The number of imidazole rings is 1. The molecule has 0 bridgehead atoms. The molecule has 6 heteroatoms. The van der Waals surface area contributed by atoms with E-state index in [9.17, 15) is 0 Å². The van der Waals surface area contributed by atoms with Crippen molar-refractivity contribution in [1.29, 1.82) is 0 Å². The zero-order valence-electron chi connectivity index (χ0n) is 11.2. The van der Waals surface area contributed by atoms with Gasteiger partial charge in [-0.1, -0.05) is 19.0 Å². The Labute approximate surface area is 106 Å². The van der Waals surface area contributed by atoms with Crippen LogP contribution in [0.15, 0.2) is 17.0 Å². The number of hydrogen-bond acceptors (Lipinski definition) is 5. The molecule has 0 radical (unpaired) electrons. The number of hydrogen-bond donors (Lipinski definition) is 1. The van der Waals surface area contributed by atoms with Crippen LogP contribution in [0.2, 0.25) is 0 Å². The molecule has 2 aromatic rings. The summed E-state index contributed by atoms with van der Waals surface area (Å²) in [4.78, 5) is 8.48. The summed E-state index contributed by atoms with van der Waals surface area (Å²) in [6.07, 6.45) is 3.42. The number of nitrogens with zero attached hydrogens (tertiary/aromatic N) is 4. The van der Waals surface area contributed by atoms with Crippen LogP contribution in [0.25, 0.3) is 11.5 Å². The van der Waals surface area contributed by atoms with E-state index >= 15 is 0 Å². The molecule has 0 aliphatic carbocycles. The molecule has 2 aromatic heterocycles. The average Bonchev–Trinajstić information content (AvgIpc) is 2.85. The lowest BCUT2D eigenvalue weighted by atomic mass is 9.90. The summed E-state index contributed by atoms with van der Waals surface area (Å²) in [5.41, 5.74) is 6.81. The van der Waals surface area contributed by atoms with Crippen molar-refractivity contribution in [2.75, 3.05) is 0 Å². The number of aryl methyl sites for hydroxylation is 1. The Morgan fingerprint density at radius 1 is 1.33 bits per heavy atom. The van der Waals surface area contributed by atoms with Crippen LogP contribution >= 0.6 is 0 Å². The van der Waals surface area contributed by atoms with Crippen LogP contribution in [0.5, 0.6) is 0 Å². The molecular weight excluding hydrogens is 230 g/mol. The highest BCUT2D eigenvalue weighted by Crippen LogP contribution is 2.27. The van der Waals surface area contributed by atoms with Crippen molar-refractivity contribution in [3.05, 3.63) is 18.4 Å². The highest BCUT2D eigenvalue weighted by atomic mass is 16.5. The maximum Gasteiger partial charge on any atom is 0.231 e. The molecule has 18 heavy (non-hydrogen) atoms. The SMILES string of the molecule is CC(C)C(c1nc(-c2cncn2C)no1)C(C)N. The summed E-state index contributed by atoms with van der Waals surface area (Å²) in [5.74, 6) is 1.57. The van der Waals surface area contributed by atoms with Crippen molar-refractivity contribution in [1.82, 2.24) is 19.7 Å². The molecule has 0 saturated carbocycles. The molecule has 0 saturated heterocycles. The van der Waals surface area contributed by atoms with Gasteiger partial charge in [0.25, 0.3) is 0 Å². The summed E-state index contributed by atoms with van der Waals surface area (Å²) >= 11 is 0. The molecule has 0 amide bonds. The van der Waals surface area contributed by atoms with E-state index in [1.54, 1.807) is 12.5 Å². The fourth-order valence-corrected chi connectivity index (χ4v) is 2.16. The van der Waals surface area contributed by atoms with E-state index in [1.165, 1.54) is 0 Å². The molecule has 2 rings (SSSR count). The lowest BCUT2D eigenvalue weighted by molar-refractivity contribution is 0.300. The minimum atomic E-state index is -0.0233. The number of rotatable bonds is 4. The molecule has 2 unspecified atom stereocenters. The number of aromatic nitrogens is 4. The Hall–Kier alpha value is -1.69. The van der Waals surface area contributed by atoms with Crippen molar-refractivity contribution >= 4 is 0 Å². The van der Waals surface area contributed by atoms with Gasteiger partial charge in [0.05, 0.1) is 18.4 Å². The fourth-order valence-electron chi connectivity index (χ4n) is 2.16. The third-order valence-corrected chi connectivity index (χ3v) is 3.06.